The summed E-state index contributed by atoms with van der Waals surface area (Å²) in [5.74, 6) is -3.22. The highest BCUT2D eigenvalue weighted by Gasteiger charge is 2.36. The molecule has 0 amide bonds. The fraction of sp³-hybridized carbons (Fsp3) is 0.417. The van der Waals surface area contributed by atoms with Crippen LogP contribution in [0.2, 0.25) is 5.02 Å². The largest absolute Gasteiger partial charge is 0.293 e. The minimum absolute atomic E-state index is 0.0648. The average molecular weight is 309 g/mol. The van der Waals surface area contributed by atoms with Crippen LogP contribution in [0.4, 0.5) is 8.78 Å². The van der Waals surface area contributed by atoms with Gasteiger partial charge in [-0.25, -0.2) is 17.2 Å². The second-order valence-corrected chi connectivity index (χ2v) is 7.17. The molecule has 1 aromatic carbocycles. The number of sulfone groups is 1. The van der Waals surface area contributed by atoms with Crippen molar-refractivity contribution >= 4 is 27.2 Å². The highest BCUT2D eigenvalue weighted by atomic mass is 35.5. The van der Waals surface area contributed by atoms with Crippen molar-refractivity contribution in [3.63, 3.8) is 0 Å². The van der Waals surface area contributed by atoms with Crippen LogP contribution in [0.3, 0.4) is 0 Å². The van der Waals surface area contributed by atoms with Crippen LogP contribution in [0.1, 0.15) is 29.6 Å². The molecule has 1 fully saturated rings. The lowest BCUT2D eigenvalue weighted by atomic mass is 10.0. The first kappa shape index (κ1) is 14.4. The van der Waals surface area contributed by atoms with Crippen LogP contribution in [0, 0.1) is 11.6 Å². The number of carbonyl (C=O) groups is 1. The molecule has 1 aliphatic rings. The van der Waals surface area contributed by atoms with Gasteiger partial charge in [-0.2, -0.15) is 0 Å². The SMILES string of the molecule is O=C(c1cc(F)c(F)cc1Cl)C1CCCCS1(=O)=O. The zero-order valence-electron chi connectivity index (χ0n) is 9.83. The molecule has 3 nitrogen and oxygen atoms in total. The van der Waals surface area contributed by atoms with Crippen LogP contribution in [0.15, 0.2) is 12.1 Å². The van der Waals surface area contributed by atoms with E-state index in [4.69, 9.17) is 11.6 Å². The molecule has 0 aromatic heterocycles. The Hall–Kier alpha value is -1.01. The van der Waals surface area contributed by atoms with Crippen LogP contribution in [-0.2, 0) is 9.84 Å². The van der Waals surface area contributed by atoms with E-state index in [9.17, 15) is 22.0 Å². The third kappa shape index (κ3) is 2.79. The van der Waals surface area contributed by atoms with Gasteiger partial charge in [-0.05, 0) is 25.0 Å². The van der Waals surface area contributed by atoms with Crippen LogP contribution in [0.5, 0.6) is 0 Å². The summed E-state index contributed by atoms with van der Waals surface area (Å²) in [5, 5.41) is -1.48. The fourth-order valence-corrected chi connectivity index (χ4v) is 4.25. The molecule has 1 aliphatic heterocycles. The monoisotopic (exact) mass is 308 g/mol. The topological polar surface area (TPSA) is 51.2 Å². The van der Waals surface area contributed by atoms with Gasteiger partial charge in [0.05, 0.1) is 10.8 Å². The average Bonchev–Trinajstić information content (AvgIpc) is 2.32. The molecule has 0 radical (unpaired) electrons. The maximum atomic E-state index is 13.1. The van der Waals surface area contributed by atoms with Gasteiger partial charge in [0.1, 0.15) is 5.25 Å². The minimum atomic E-state index is -3.54. The Morgan fingerprint density at radius 3 is 2.47 bits per heavy atom. The number of ketones is 1. The molecule has 1 heterocycles. The lowest BCUT2D eigenvalue weighted by Gasteiger charge is -2.21. The Morgan fingerprint density at radius 1 is 1.21 bits per heavy atom. The molecule has 0 spiro atoms. The van der Waals surface area contributed by atoms with E-state index in [0.717, 1.165) is 0 Å². The van der Waals surface area contributed by atoms with Crippen LogP contribution in [0.25, 0.3) is 0 Å². The summed E-state index contributed by atoms with van der Waals surface area (Å²) in [4.78, 5) is 12.1. The molecule has 0 aliphatic carbocycles. The predicted molar refractivity (Wildman–Crippen MR) is 67.1 cm³/mol. The number of carbonyl (C=O) groups excluding carboxylic acids is 1. The van der Waals surface area contributed by atoms with Gasteiger partial charge in [-0.1, -0.05) is 18.0 Å². The molecule has 19 heavy (non-hydrogen) atoms. The van der Waals surface area contributed by atoms with Crippen LogP contribution >= 0.6 is 11.6 Å². The van der Waals surface area contributed by atoms with Crippen molar-refractivity contribution in [2.24, 2.45) is 0 Å². The molecule has 0 N–H and O–H groups in total. The molecule has 0 bridgehead atoms. The zero-order chi connectivity index (χ0) is 14.2. The Morgan fingerprint density at radius 2 is 1.84 bits per heavy atom. The third-order valence-electron chi connectivity index (χ3n) is 3.15. The van der Waals surface area contributed by atoms with Crippen molar-refractivity contribution in [3.05, 3.63) is 34.4 Å². The van der Waals surface area contributed by atoms with Gasteiger partial charge < -0.3 is 0 Å². The van der Waals surface area contributed by atoms with E-state index in [1.807, 2.05) is 0 Å². The maximum Gasteiger partial charge on any atom is 0.182 e. The van der Waals surface area contributed by atoms with Crippen molar-refractivity contribution in [1.29, 1.82) is 0 Å². The predicted octanol–water partition coefficient (Wildman–Crippen LogP) is 2.77. The van der Waals surface area contributed by atoms with Gasteiger partial charge in [0.25, 0.3) is 0 Å². The maximum absolute atomic E-state index is 13.1. The van der Waals surface area contributed by atoms with E-state index in [-0.39, 0.29) is 22.8 Å². The normalized spacial score (nSPS) is 22.2. The minimum Gasteiger partial charge on any atom is -0.293 e. The summed E-state index contributed by atoms with van der Waals surface area (Å²) < 4.78 is 49.7. The van der Waals surface area contributed by atoms with Crippen molar-refractivity contribution < 1.29 is 22.0 Å². The lowest BCUT2D eigenvalue weighted by molar-refractivity contribution is 0.0981. The van der Waals surface area contributed by atoms with E-state index in [1.165, 1.54) is 0 Å². The summed E-state index contributed by atoms with van der Waals surface area (Å²) in [6.45, 7) is 0. The summed E-state index contributed by atoms with van der Waals surface area (Å²) in [6.07, 6.45) is 1.31. The first-order valence-electron chi connectivity index (χ1n) is 5.73. The highest BCUT2D eigenvalue weighted by Crippen LogP contribution is 2.27. The van der Waals surface area contributed by atoms with E-state index >= 15 is 0 Å². The fourth-order valence-electron chi connectivity index (χ4n) is 2.13. The van der Waals surface area contributed by atoms with Gasteiger partial charge in [0, 0.05) is 5.56 Å². The van der Waals surface area contributed by atoms with Gasteiger partial charge >= 0.3 is 0 Å². The van der Waals surface area contributed by atoms with Crippen molar-refractivity contribution in [2.45, 2.75) is 24.5 Å². The number of halogens is 3. The number of rotatable bonds is 2. The smallest absolute Gasteiger partial charge is 0.182 e. The lowest BCUT2D eigenvalue weighted by Crippen LogP contribution is -2.35. The molecule has 0 saturated carbocycles. The first-order valence-corrected chi connectivity index (χ1v) is 7.82. The third-order valence-corrected chi connectivity index (χ3v) is 5.63. The number of hydrogen-bond donors (Lipinski definition) is 0. The van der Waals surface area contributed by atoms with Gasteiger partial charge in [-0.3, -0.25) is 4.79 Å². The number of benzene rings is 1. The van der Waals surface area contributed by atoms with Crippen molar-refractivity contribution in [2.75, 3.05) is 5.75 Å². The first-order chi connectivity index (χ1) is 8.83. The van der Waals surface area contributed by atoms with Gasteiger partial charge in [-0.15, -0.1) is 0 Å². The Kier molecular flexibility index (Phi) is 3.92. The van der Waals surface area contributed by atoms with E-state index in [2.05, 4.69) is 0 Å². The second kappa shape index (κ2) is 5.17. The number of hydrogen-bond acceptors (Lipinski definition) is 3. The standard InChI is InChI=1S/C12H11ClF2O3S/c13-8-6-10(15)9(14)5-7(8)12(16)11-3-1-2-4-19(11,17)18/h5-6,11H,1-4H2. The molecule has 104 valence electrons. The molecular weight excluding hydrogens is 298 g/mol. The van der Waals surface area contributed by atoms with Crippen molar-refractivity contribution in [3.8, 4) is 0 Å². The van der Waals surface area contributed by atoms with Gasteiger partial charge in [0.2, 0.25) is 0 Å². The summed E-state index contributed by atoms with van der Waals surface area (Å²) in [5.41, 5.74) is -0.281. The van der Waals surface area contributed by atoms with E-state index in [1.54, 1.807) is 0 Å². The quantitative estimate of drug-likeness (QED) is 0.623. The summed E-state index contributed by atoms with van der Waals surface area (Å²) in [7, 11) is -3.54. The van der Waals surface area contributed by atoms with E-state index < -0.39 is 32.5 Å². The molecule has 1 saturated heterocycles. The van der Waals surface area contributed by atoms with Crippen LogP contribution in [-0.4, -0.2) is 25.2 Å². The highest BCUT2D eigenvalue weighted by molar-refractivity contribution is 7.92. The summed E-state index contributed by atoms with van der Waals surface area (Å²) >= 11 is 5.69. The van der Waals surface area contributed by atoms with Crippen molar-refractivity contribution in [1.82, 2.24) is 0 Å². The van der Waals surface area contributed by atoms with Crippen LogP contribution < -0.4 is 0 Å². The molecular formula is C12H11ClF2O3S. The Balaban J connectivity index is 2.42. The Bertz CT molecular complexity index is 628. The molecule has 1 atom stereocenters. The van der Waals surface area contributed by atoms with Gasteiger partial charge in [0.15, 0.2) is 27.3 Å². The molecule has 1 unspecified atom stereocenters. The second-order valence-electron chi connectivity index (χ2n) is 4.46. The molecule has 7 heteroatoms. The summed E-state index contributed by atoms with van der Waals surface area (Å²) in [6, 6.07) is 1.34. The Labute approximate surface area is 114 Å². The van der Waals surface area contributed by atoms with E-state index in [0.29, 0.717) is 25.0 Å². The zero-order valence-corrected chi connectivity index (χ0v) is 11.4. The molecule has 1 aromatic rings. The molecule has 2 rings (SSSR count). The number of Topliss-reactive ketones (excluding diaryl/α,β-unsaturated/α-hetero) is 1.